The molecule has 16 heavy (non-hydrogen) atoms. The lowest BCUT2D eigenvalue weighted by Crippen LogP contribution is -2.45. The number of H-pyrrole nitrogens is 1. The van der Waals surface area contributed by atoms with Gasteiger partial charge in [-0.1, -0.05) is 6.92 Å². The Morgan fingerprint density at radius 1 is 1.50 bits per heavy atom. The molecule has 4 N–H and O–H groups in total. The largest absolute Gasteiger partial charge is 0.394 e. The third kappa shape index (κ3) is 2.80. The summed E-state index contributed by atoms with van der Waals surface area (Å²) in [4.78, 5) is 17.8. The number of hydrogen-bond donors (Lipinski definition) is 4. The molecule has 0 unspecified atom stereocenters. The molecule has 1 heterocycles. The number of aliphatic hydroxyl groups is 2. The van der Waals surface area contributed by atoms with Crippen molar-refractivity contribution in [3.63, 3.8) is 0 Å². The Morgan fingerprint density at radius 2 is 2.12 bits per heavy atom. The van der Waals surface area contributed by atoms with Gasteiger partial charge in [-0.2, -0.15) is 0 Å². The molecule has 0 aliphatic rings. The number of rotatable bonds is 5. The molecular formula is C10H17N3O3. The van der Waals surface area contributed by atoms with E-state index in [2.05, 4.69) is 15.3 Å². The van der Waals surface area contributed by atoms with Gasteiger partial charge in [0.1, 0.15) is 11.6 Å². The van der Waals surface area contributed by atoms with Gasteiger partial charge in [0.05, 0.1) is 18.8 Å². The summed E-state index contributed by atoms with van der Waals surface area (Å²) in [7, 11) is 0. The number of hydrogen-bond acceptors (Lipinski definition) is 5. The molecule has 6 heteroatoms. The van der Waals surface area contributed by atoms with E-state index in [1.54, 1.807) is 6.92 Å². The summed E-state index contributed by atoms with van der Waals surface area (Å²) in [6.45, 7) is 3.04. The van der Waals surface area contributed by atoms with Gasteiger partial charge in [-0.3, -0.25) is 4.79 Å². The van der Waals surface area contributed by atoms with Crippen molar-refractivity contribution in [3.8, 4) is 0 Å². The number of aliphatic hydroxyl groups excluding tert-OH is 2. The van der Waals surface area contributed by atoms with E-state index in [1.165, 1.54) is 6.07 Å². The monoisotopic (exact) mass is 227 g/mol. The molecule has 0 radical (unpaired) electrons. The van der Waals surface area contributed by atoms with E-state index >= 15 is 0 Å². The molecule has 6 nitrogen and oxygen atoms in total. The van der Waals surface area contributed by atoms with Crippen LogP contribution >= 0.6 is 0 Å². The van der Waals surface area contributed by atoms with E-state index in [4.69, 9.17) is 0 Å². The van der Waals surface area contributed by atoms with Gasteiger partial charge in [0.15, 0.2) is 0 Å². The van der Waals surface area contributed by atoms with Crippen LogP contribution in [0.5, 0.6) is 0 Å². The van der Waals surface area contributed by atoms with Gasteiger partial charge in [0.2, 0.25) is 0 Å². The summed E-state index contributed by atoms with van der Waals surface area (Å²) in [5.41, 5.74) is -1.11. The summed E-state index contributed by atoms with van der Waals surface area (Å²) in [5.74, 6) is 0.835. The zero-order chi connectivity index (χ0) is 12.2. The van der Waals surface area contributed by atoms with E-state index in [9.17, 15) is 15.0 Å². The highest BCUT2D eigenvalue weighted by atomic mass is 16.3. The number of anilines is 1. The van der Waals surface area contributed by atoms with E-state index in [0.717, 1.165) is 0 Å². The van der Waals surface area contributed by atoms with Crippen LogP contribution < -0.4 is 10.9 Å². The third-order valence-corrected chi connectivity index (χ3v) is 2.54. The van der Waals surface area contributed by atoms with Gasteiger partial charge in [-0.05, 0) is 13.3 Å². The second-order valence-corrected chi connectivity index (χ2v) is 3.79. The Hall–Kier alpha value is -1.40. The molecule has 1 aromatic rings. The molecule has 1 rings (SSSR count). The summed E-state index contributed by atoms with van der Waals surface area (Å²) in [5, 5.41) is 21.4. The molecule has 0 saturated carbocycles. The quantitative estimate of drug-likeness (QED) is 0.550. The number of aryl methyl sites for hydroxylation is 1. The van der Waals surface area contributed by atoms with Crippen LogP contribution in [-0.4, -0.2) is 38.9 Å². The third-order valence-electron chi connectivity index (χ3n) is 2.54. The Morgan fingerprint density at radius 3 is 2.56 bits per heavy atom. The van der Waals surface area contributed by atoms with Crippen LogP contribution in [0.15, 0.2) is 10.9 Å². The van der Waals surface area contributed by atoms with E-state index in [-0.39, 0.29) is 18.8 Å². The Balaban J connectivity index is 2.97. The average Bonchev–Trinajstić information content (AvgIpc) is 2.25. The van der Waals surface area contributed by atoms with Gasteiger partial charge in [-0.15, -0.1) is 0 Å². The second-order valence-electron chi connectivity index (χ2n) is 3.79. The van der Waals surface area contributed by atoms with Crippen LogP contribution in [0.4, 0.5) is 5.82 Å². The van der Waals surface area contributed by atoms with Crippen molar-refractivity contribution >= 4 is 5.82 Å². The lowest BCUT2D eigenvalue weighted by Gasteiger charge is -2.30. The second kappa shape index (κ2) is 5.09. The predicted molar refractivity (Wildman–Crippen MR) is 60.4 cm³/mol. The summed E-state index contributed by atoms with van der Waals surface area (Å²) >= 11 is 0. The molecule has 0 aliphatic heterocycles. The van der Waals surface area contributed by atoms with Crippen molar-refractivity contribution in [2.75, 3.05) is 18.5 Å². The van der Waals surface area contributed by atoms with Crippen molar-refractivity contribution < 1.29 is 10.2 Å². The standard InChI is InChI=1S/C10H17N3O3/c1-3-10(5-14,6-15)13-8-4-9(16)12-7(2)11-8/h4,14-15H,3,5-6H2,1-2H3,(H2,11,12,13,16). The minimum atomic E-state index is -0.840. The van der Waals surface area contributed by atoms with Crippen LogP contribution in [0.3, 0.4) is 0 Å². The first kappa shape index (κ1) is 12.7. The average molecular weight is 227 g/mol. The maximum absolute atomic E-state index is 11.2. The van der Waals surface area contributed by atoms with Gasteiger partial charge in [-0.25, -0.2) is 4.98 Å². The van der Waals surface area contributed by atoms with Crippen LogP contribution in [0.25, 0.3) is 0 Å². The lowest BCUT2D eigenvalue weighted by molar-refractivity contribution is 0.132. The molecule has 0 spiro atoms. The molecule has 0 saturated heterocycles. The van der Waals surface area contributed by atoms with Gasteiger partial charge < -0.3 is 20.5 Å². The molecule has 1 aromatic heterocycles. The first-order valence-electron chi connectivity index (χ1n) is 5.13. The van der Waals surface area contributed by atoms with Crippen molar-refractivity contribution in [2.24, 2.45) is 0 Å². The fourth-order valence-electron chi connectivity index (χ4n) is 1.36. The Bertz CT molecular complexity index is 390. The van der Waals surface area contributed by atoms with E-state index in [0.29, 0.717) is 18.1 Å². The highest BCUT2D eigenvalue weighted by Gasteiger charge is 2.26. The highest BCUT2D eigenvalue weighted by molar-refractivity contribution is 5.36. The van der Waals surface area contributed by atoms with Crippen LogP contribution in [0, 0.1) is 6.92 Å². The minimum absolute atomic E-state index is 0.229. The molecule has 90 valence electrons. The fourth-order valence-corrected chi connectivity index (χ4v) is 1.36. The Kier molecular flexibility index (Phi) is 4.03. The zero-order valence-corrected chi connectivity index (χ0v) is 9.45. The molecule has 0 atom stereocenters. The lowest BCUT2D eigenvalue weighted by atomic mass is 9.98. The maximum Gasteiger partial charge on any atom is 0.252 e. The minimum Gasteiger partial charge on any atom is -0.394 e. The SMILES string of the molecule is CCC(CO)(CO)Nc1cc(=O)[nH]c(C)n1. The Labute approximate surface area is 93.4 Å². The van der Waals surface area contributed by atoms with Crippen molar-refractivity contribution in [1.82, 2.24) is 9.97 Å². The maximum atomic E-state index is 11.2. The summed E-state index contributed by atoms with van der Waals surface area (Å²) < 4.78 is 0. The molecule has 0 fully saturated rings. The summed E-state index contributed by atoms with van der Waals surface area (Å²) in [6, 6.07) is 1.29. The highest BCUT2D eigenvalue weighted by Crippen LogP contribution is 2.15. The number of nitrogens with zero attached hydrogens (tertiary/aromatic N) is 1. The fraction of sp³-hybridized carbons (Fsp3) is 0.600. The van der Waals surface area contributed by atoms with Crippen molar-refractivity contribution in [1.29, 1.82) is 0 Å². The van der Waals surface area contributed by atoms with Gasteiger partial charge >= 0.3 is 0 Å². The molecule has 0 aromatic carbocycles. The zero-order valence-electron chi connectivity index (χ0n) is 9.45. The molecule has 0 amide bonds. The van der Waals surface area contributed by atoms with Crippen LogP contribution in [0.2, 0.25) is 0 Å². The molecular weight excluding hydrogens is 210 g/mol. The number of nitrogens with one attached hydrogen (secondary N) is 2. The number of aromatic nitrogens is 2. The van der Waals surface area contributed by atoms with Crippen molar-refractivity contribution in [3.05, 3.63) is 22.2 Å². The van der Waals surface area contributed by atoms with Crippen LogP contribution in [-0.2, 0) is 0 Å². The topological polar surface area (TPSA) is 98.2 Å². The van der Waals surface area contributed by atoms with Gasteiger partial charge in [0, 0.05) is 6.07 Å². The van der Waals surface area contributed by atoms with Crippen LogP contribution in [0.1, 0.15) is 19.2 Å². The number of aromatic amines is 1. The van der Waals surface area contributed by atoms with E-state index < -0.39 is 5.54 Å². The normalized spacial score (nSPS) is 11.5. The summed E-state index contributed by atoms with van der Waals surface area (Å²) in [6.07, 6.45) is 0.521. The van der Waals surface area contributed by atoms with E-state index in [1.807, 2.05) is 6.92 Å². The predicted octanol–water partition coefficient (Wildman–Crippen LogP) is -0.376. The molecule has 0 aliphatic carbocycles. The molecule has 0 bridgehead atoms. The first-order valence-corrected chi connectivity index (χ1v) is 5.13. The van der Waals surface area contributed by atoms with Crippen molar-refractivity contribution in [2.45, 2.75) is 25.8 Å². The van der Waals surface area contributed by atoms with Gasteiger partial charge in [0.25, 0.3) is 5.56 Å². The smallest absolute Gasteiger partial charge is 0.252 e. The first-order chi connectivity index (χ1) is 7.55.